The van der Waals surface area contributed by atoms with Crippen molar-refractivity contribution in [3.05, 3.63) is 98.7 Å². The maximum atomic E-state index is 14.8. The van der Waals surface area contributed by atoms with Gasteiger partial charge in [-0.25, -0.2) is 0 Å². The van der Waals surface area contributed by atoms with E-state index < -0.39 is 23.2 Å². The van der Waals surface area contributed by atoms with Crippen LogP contribution in [0.4, 0.5) is 18.9 Å². The van der Waals surface area contributed by atoms with Gasteiger partial charge >= 0.3 is 6.18 Å². The fourth-order valence-corrected chi connectivity index (χ4v) is 5.65. The van der Waals surface area contributed by atoms with Gasteiger partial charge in [-0.2, -0.15) is 13.2 Å². The maximum absolute atomic E-state index is 14.8. The van der Waals surface area contributed by atoms with Crippen LogP contribution in [0, 0.1) is 17.0 Å². The number of alkyl halides is 3. The Balaban J connectivity index is 1.42. The number of non-ortho nitro benzene ring substituents is 1. The molecule has 1 aromatic heterocycles. The van der Waals surface area contributed by atoms with E-state index in [0.29, 0.717) is 29.4 Å². The molecular formula is C31H31ClF3N3O5. The zero-order valence-electron chi connectivity index (χ0n) is 23.6. The normalized spacial score (nSPS) is 16.3. The van der Waals surface area contributed by atoms with Gasteiger partial charge in [0.2, 0.25) is 5.60 Å². The molecule has 5 rings (SSSR count). The van der Waals surface area contributed by atoms with E-state index in [1.807, 2.05) is 25.1 Å². The highest BCUT2D eigenvalue weighted by Crippen LogP contribution is 2.44. The van der Waals surface area contributed by atoms with Crippen molar-refractivity contribution in [1.82, 2.24) is 9.47 Å². The van der Waals surface area contributed by atoms with Gasteiger partial charge < -0.3 is 19.1 Å². The smallest absolute Gasteiger partial charge is 0.422 e. The number of aryl methyl sites for hydroxylation is 1. The number of halogens is 4. The van der Waals surface area contributed by atoms with Crippen LogP contribution in [0.3, 0.4) is 0 Å². The van der Waals surface area contributed by atoms with Crippen molar-refractivity contribution < 1.29 is 32.7 Å². The lowest BCUT2D eigenvalue weighted by molar-refractivity contribution is -0.384. The summed E-state index contributed by atoms with van der Waals surface area (Å²) in [6.45, 7) is 1.89. The Morgan fingerprint density at radius 3 is 2.37 bits per heavy atom. The van der Waals surface area contributed by atoms with E-state index in [0.717, 1.165) is 17.2 Å². The SMILES string of the molecule is COc1cc(C)ccc1OC1CCN(CC(O)(c2cn(Cc3ccc(Cl)cc3)c3cc([N+](=O)[O-])ccc23)C(F)(F)F)CC1. The van der Waals surface area contributed by atoms with Gasteiger partial charge in [0.25, 0.3) is 5.69 Å². The molecule has 12 heteroatoms. The minimum absolute atomic E-state index is 0.0871. The Morgan fingerprint density at radius 1 is 1.05 bits per heavy atom. The Labute approximate surface area is 251 Å². The summed E-state index contributed by atoms with van der Waals surface area (Å²) in [6.07, 6.45) is -3.11. The summed E-state index contributed by atoms with van der Waals surface area (Å²) in [6, 6.07) is 16.0. The summed E-state index contributed by atoms with van der Waals surface area (Å²) < 4.78 is 57.4. The first kappa shape index (κ1) is 30.7. The molecule has 0 radical (unpaired) electrons. The molecule has 4 aromatic rings. The van der Waals surface area contributed by atoms with Crippen LogP contribution >= 0.6 is 11.6 Å². The lowest BCUT2D eigenvalue weighted by Gasteiger charge is -2.39. The summed E-state index contributed by atoms with van der Waals surface area (Å²) in [5.41, 5.74) is -1.92. The number of β-amino-alcohol motifs (C(OH)–C–C–N with tert-alkyl or cyclic N) is 1. The minimum Gasteiger partial charge on any atom is -0.493 e. The molecule has 1 saturated heterocycles. The van der Waals surface area contributed by atoms with E-state index in [9.17, 15) is 28.4 Å². The van der Waals surface area contributed by atoms with Gasteiger partial charge in [0.05, 0.1) is 17.5 Å². The molecule has 0 saturated carbocycles. The number of hydrogen-bond donors (Lipinski definition) is 1. The number of piperidine rings is 1. The van der Waals surface area contributed by atoms with Crippen molar-refractivity contribution in [3.8, 4) is 11.5 Å². The average molecular weight is 618 g/mol. The molecule has 1 fully saturated rings. The third-order valence-corrected chi connectivity index (χ3v) is 8.11. The van der Waals surface area contributed by atoms with Gasteiger partial charge in [0, 0.05) is 60.5 Å². The largest absolute Gasteiger partial charge is 0.493 e. The van der Waals surface area contributed by atoms with Crippen LogP contribution in [0.25, 0.3) is 10.9 Å². The summed E-state index contributed by atoms with van der Waals surface area (Å²) in [7, 11) is 1.55. The van der Waals surface area contributed by atoms with Gasteiger partial charge in [-0.05, 0) is 61.2 Å². The number of rotatable bonds is 9. The van der Waals surface area contributed by atoms with E-state index >= 15 is 0 Å². The second kappa shape index (κ2) is 12.1. The van der Waals surface area contributed by atoms with E-state index in [2.05, 4.69) is 0 Å². The number of likely N-dealkylation sites (tertiary alicyclic amines) is 1. The van der Waals surface area contributed by atoms with E-state index in [4.69, 9.17) is 21.1 Å². The average Bonchev–Trinajstić information content (AvgIpc) is 3.33. The summed E-state index contributed by atoms with van der Waals surface area (Å²) in [4.78, 5) is 12.5. The molecule has 3 aromatic carbocycles. The number of methoxy groups -OCH3 is 1. The van der Waals surface area contributed by atoms with E-state index in [-0.39, 0.29) is 47.9 Å². The Hall–Kier alpha value is -3.80. The summed E-state index contributed by atoms with van der Waals surface area (Å²) in [5, 5.41) is 23.6. The van der Waals surface area contributed by atoms with E-state index in [1.165, 1.54) is 22.9 Å². The molecule has 0 amide bonds. The predicted octanol–water partition coefficient (Wildman–Crippen LogP) is 6.86. The van der Waals surface area contributed by atoms with Crippen LogP contribution in [0.1, 0.15) is 29.5 Å². The quantitative estimate of drug-likeness (QED) is 0.163. The third kappa shape index (κ3) is 6.43. The number of aromatic nitrogens is 1. The number of ether oxygens (including phenoxy) is 2. The number of fused-ring (bicyclic) bond motifs is 1. The lowest BCUT2D eigenvalue weighted by atomic mass is 9.91. The Morgan fingerprint density at radius 2 is 1.74 bits per heavy atom. The monoisotopic (exact) mass is 617 g/mol. The van der Waals surface area contributed by atoms with Gasteiger partial charge in [0.15, 0.2) is 11.5 Å². The first-order valence-electron chi connectivity index (χ1n) is 13.7. The number of hydrogen-bond acceptors (Lipinski definition) is 6. The number of nitrogens with zero attached hydrogens (tertiary/aromatic N) is 3. The fraction of sp³-hybridized carbons (Fsp3) is 0.355. The molecule has 1 unspecified atom stereocenters. The summed E-state index contributed by atoms with van der Waals surface area (Å²) in [5.74, 6) is 1.16. The summed E-state index contributed by atoms with van der Waals surface area (Å²) >= 11 is 5.98. The van der Waals surface area contributed by atoms with Crippen LogP contribution in [0.15, 0.2) is 66.9 Å². The van der Waals surface area contributed by atoms with Crippen molar-refractivity contribution in [3.63, 3.8) is 0 Å². The lowest BCUT2D eigenvalue weighted by Crippen LogP contribution is -2.53. The van der Waals surface area contributed by atoms with Gasteiger partial charge in [-0.1, -0.05) is 29.8 Å². The van der Waals surface area contributed by atoms with Crippen LogP contribution in [0.5, 0.6) is 11.5 Å². The molecule has 0 aliphatic carbocycles. The zero-order chi connectivity index (χ0) is 30.9. The first-order chi connectivity index (χ1) is 20.4. The topological polar surface area (TPSA) is 90.0 Å². The van der Waals surface area contributed by atoms with Crippen molar-refractivity contribution in [2.24, 2.45) is 0 Å². The molecule has 1 aliphatic rings. The molecule has 1 N–H and O–H groups in total. The molecule has 2 heterocycles. The maximum Gasteiger partial charge on any atom is 0.422 e. The Bertz CT molecular complexity index is 1620. The second-order valence-electron chi connectivity index (χ2n) is 10.9. The van der Waals surface area contributed by atoms with Gasteiger partial charge in [-0.15, -0.1) is 0 Å². The zero-order valence-corrected chi connectivity index (χ0v) is 24.4. The van der Waals surface area contributed by atoms with Crippen molar-refractivity contribution in [1.29, 1.82) is 0 Å². The molecule has 1 atom stereocenters. The second-order valence-corrected chi connectivity index (χ2v) is 11.3. The van der Waals surface area contributed by atoms with Crippen LogP contribution < -0.4 is 9.47 Å². The standard InChI is InChI=1S/C31H31ClF3N3O5/c1-20-3-10-28(29(15-20)42-2)43-24-11-13-36(14-12-24)19-30(39,31(33,34)35)26-18-37(17-21-4-6-22(32)7-5-21)27-16-23(38(40)41)8-9-25(26)27/h3-10,15-16,18,24,39H,11-14,17,19H2,1-2H3. The first-order valence-corrected chi connectivity index (χ1v) is 14.1. The van der Waals surface area contributed by atoms with Crippen LogP contribution in [-0.2, 0) is 12.1 Å². The highest BCUT2D eigenvalue weighted by molar-refractivity contribution is 6.30. The Kier molecular flexibility index (Phi) is 8.60. The van der Waals surface area contributed by atoms with Crippen LogP contribution in [-0.4, -0.2) is 58.5 Å². The molecule has 43 heavy (non-hydrogen) atoms. The van der Waals surface area contributed by atoms with Crippen LogP contribution in [0.2, 0.25) is 5.02 Å². The molecule has 1 aliphatic heterocycles. The minimum atomic E-state index is -5.03. The third-order valence-electron chi connectivity index (χ3n) is 7.86. The molecule has 8 nitrogen and oxygen atoms in total. The highest BCUT2D eigenvalue weighted by atomic mass is 35.5. The van der Waals surface area contributed by atoms with Crippen molar-refractivity contribution in [2.45, 2.75) is 44.2 Å². The molecular weight excluding hydrogens is 587 g/mol. The number of nitro benzene ring substituents is 1. The number of aliphatic hydroxyl groups is 1. The van der Waals surface area contributed by atoms with Crippen molar-refractivity contribution >= 4 is 28.2 Å². The van der Waals surface area contributed by atoms with E-state index in [1.54, 1.807) is 36.3 Å². The fourth-order valence-electron chi connectivity index (χ4n) is 5.53. The van der Waals surface area contributed by atoms with Gasteiger partial charge in [0.1, 0.15) is 6.10 Å². The molecule has 0 spiro atoms. The van der Waals surface area contributed by atoms with Crippen molar-refractivity contribution in [2.75, 3.05) is 26.7 Å². The number of nitro groups is 1. The predicted molar refractivity (Wildman–Crippen MR) is 157 cm³/mol. The molecule has 228 valence electrons. The molecule has 0 bridgehead atoms. The van der Waals surface area contributed by atoms with Gasteiger partial charge in [-0.3, -0.25) is 15.0 Å². The number of benzene rings is 3. The highest BCUT2D eigenvalue weighted by Gasteiger charge is 2.57.